The van der Waals surface area contributed by atoms with E-state index in [1.165, 1.54) is 12.1 Å². The van der Waals surface area contributed by atoms with Crippen LogP contribution in [0.25, 0.3) is 11.0 Å². The monoisotopic (exact) mass is 406 g/mol. The molecule has 1 saturated heterocycles. The Morgan fingerprint density at radius 1 is 1.14 bits per heavy atom. The van der Waals surface area contributed by atoms with Gasteiger partial charge in [-0.05, 0) is 31.7 Å². The second-order valence-corrected chi connectivity index (χ2v) is 7.20. The maximum absolute atomic E-state index is 12.8. The average Bonchev–Trinajstić information content (AvgIpc) is 3.06. The first kappa shape index (κ1) is 19.4. The summed E-state index contributed by atoms with van der Waals surface area (Å²) in [6.07, 6.45) is -0.996. The highest BCUT2D eigenvalue weighted by Gasteiger charge is 2.32. The third-order valence-corrected chi connectivity index (χ3v) is 5.08. The Morgan fingerprint density at radius 2 is 1.90 bits per heavy atom. The lowest BCUT2D eigenvalue weighted by atomic mass is 9.97. The molecule has 1 aliphatic rings. The van der Waals surface area contributed by atoms with Gasteiger partial charge in [0.05, 0.1) is 18.2 Å². The number of hydrogen-bond acceptors (Lipinski definition) is 6. The fraction of sp³-hybridized carbons (Fsp3) is 0.474. The van der Waals surface area contributed by atoms with E-state index in [1.54, 1.807) is 10.9 Å². The van der Waals surface area contributed by atoms with E-state index in [1.807, 2.05) is 14.0 Å². The van der Waals surface area contributed by atoms with E-state index in [4.69, 9.17) is 4.74 Å². The summed E-state index contributed by atoms with van der Waals surface area (Å²) in [4.78, 5) is 14.8. The normalized spacial score (nSPS) is 15.8. The van der Waals surface area contributed by atoms with Gasteiger partial charge in [-0.3, -0.25) is 4.68 Å². The second kappa shape index (κ2) is 7.49. The van der Waals surface area contributed by atoms with Crippen molar-refractivity contribution >= 4 is 16.9 Å². The Balaban J connectivity index is 1.38. The number of alkyl halides is 3. The summed E-state index contributed by atoms with van der Waals surface area (Å²) in [5.41, 5.74) is -0.141. The van der Waals surface area contributed by atoms with Gasteiger partial charge >= 0.3 is 6.18 Å². The number of anilines is 1. The summed E-state index contributed by atoms with van der Waals surface area (Å²) in [6.45, 7) is 3.76. The summed E-state index contributed by atoms with van der Waals surface area (Å²) in [6, 6.07) is 3.70. The number of nitrogens with zero attached hydrogens (tertiary/aromatic N) is 6. The molecule has 0 amide bonds. The van der Waals surface area contributed by atoms with Gasteiger partial charge in [0, 0.05) is 26.2 Å². The Labute approximate surface area is 165 Å². The van der Waals surface area contributed by atoms with E-state index in [9.17, 15) is 13.2 Å². The lowest BCUT2D eigenvalue weighted by molar-refractivity contribution is -0.141. The lowest BCUT2D eigenvalue weighted by Crippen LogP contribution is -2.36. The van der Waals surface area contributed by atoms with Crippen LogP contribution in [-0.2, 0) is 13.2 Å². The Hall–Kier alpha value is -2.91. The average molecular weight is 406 g/mol. The van der Waals surface area contributed by atoms with Gasteiger partial charge in [0.15, 0.2) is 5.65 Å². The minimum absolute atomic E-state index is 0.00532. The van der Waals surface area contributed by atoms with E-state index < -0.39 is 11.9 Å². The minimum Gasteiger partial charge on any atom is -0.477 e. The number of pyridine rings is 1. The molecule has 29 heavy (non-hydrogen) atoms. The third-order valence-electron chi connectivity index (χ3n) is 5.08. The first-order valence-electron chi connectivity index (χ1n) is 9.39. The Kier molecular flexibility index (Phi) is 5.01. The van der Waals surface area contributed by atoms with E-state index in [0.717, 1.165) is 48.8 Å². The molecule has 0 spiro atoms. The van der Waals surface area contributed by atoms with Gasteiger partial charge in [-0.1, -0.05) is 6.07 Å². The molecule has 154 valence electrons. The number of piperidine rings is 1. The topological polar surface area (TPSA) is 69.0 Å². The molecule has 0 radical (unpaired) electrons. The summed E-state index contributed by atoms with van der Waals surface area (Å²) < 4.78 is 45.6. The van der Waals surface area contributed by atoms with E-state index in [0.29, 0.717) is 12.4 Å². The van der Waals surface area contributed by atoms with Crippen molar-refractivity contribution < 1.29 is 17.9 Å². The summed E-state index contributed by atoms with van der Waals surface area (Å²) >= 11 is 0. The lowest BCUT2D eigenvalue weighted by Gasteiger charge is -2.33. The maximum atomic E-state index is 12.8. The maximum Gasteiger partial charge on any atom is 0.433 e. The van der Waals surface area contributed by atoms with Crippen molar-refractivity contribution in [3.63, 3.8) is 0 Å². The van der Waals surface area contributed by atoms with Gasteiger partial charge in [-0.15, -0.1) is 0 Å². The van der Waals surface area contributed by atoms with Crippen LogP contribution >= 0.6 is 0 Å². The van der Waals surface area contributed by atoms with E-state index in [-0.39, 0.29) is 11.8 Å². The summed E-state index contributed by atoms with van der Waals surface area (Å²) in [5.74, 6) is 1.82. The van der Waals surface area contributed by atoms with Gasteiger partial charge in [-0.2, -0.15) is 18.3 Å². The SMILES string of the molecule is Cc1nc(N2CCC(COc3cccc(C(F)(F)F)n3)CC2)c2cnn(C)c2n1. The van der Waals surface area contributed by atoms with Gasteiger partial charge in [-0.25, -0.2) is 15.0 Å². The zero-order valence-electron chi connectivity index (χ0n) is 16.1. The van der Waals surface area contributed by atoms with Crippen LogP contribution in [0.2, 0.25) is 0 Å². The molecule has 0 unspecified atom stereocenters. The fourth-order valence-electron chi connectivity index (χ4n) is 3.52. The Morgan fingerprint density at radius 3 is 2.62 bits per heavy atom. The first-order valence-corrected chi connectivity index (χ1v) is 9.39. The van der Waals surface area contributed by atoms with Crippen molar-refractivity contribution in [1.82, 2.24) is 24.7 Å². The number of aromatic nitrogens is 5. The van der Waals surface area contributed by atoms with Gasteiger partial charge in [0.25, 0.3) is 0 Å². The van der Waals surface area contributed by atoms with Gasteiger partial charge in [0.2, 0.25) is 5.88 Å². The van der Waals surface area contributed by atoms with Crippen LogP contribution in [0.1, 0.15) is 24.4 Å². The molecule has 0 atom stereocenters. The van der Waals surface area contributed by atoms with Gasteiger partial charge in [0.1, 0.15) is 17.3 Å². The largest absolute Gasteiger partial charge is 0.477 e. The van der Waals surface area contributed by atoms with Crippen LogP contribution in [0.5, 0.6) is 5.88 Å². The number of rotatable bonds is 4. The first-order chi connectivity index (χ1) is 13.8. The molecular formula is C19H21F3N6O. The Bertz CT molecular complexity index is 1010. The number of ether oxygens (including phenoxy) is 1. The zero-order chi connectivity index (χ0) is 20.6. The molecule has 3 aromatic heterocycles. The molecule has 0 N–H and O–H groups in total. The van der Waals surface area contributed by atoms with Gasteiger partial charge < -0.3 is 9.64 Å². The van der Waals surface area contributed by atoms with Crippen molar-refractivity contribution in [2.75, 3.05) is 24.6 Å². The van der Waals surface area contributed by atoms with Crippen LogP contribution in [-0.4, -0.2) is 44.4 Å². The minimum atomic E-state index is -4.47. The highest BCUT2D eigenvalue weighted by molar-refractivity contribution is 5.87. The number of fused-ring (bicyclic) bond motifs is 1. The van der Waals surface area contributed by atoms with Crippen LogP contribution in [0.3, 0.4) is 0 Å². The van der Waals surface area contributed by atoms with Crippen molar-refractivity contribution in [1.29, 1.82) is 0 Å². The highest BCUT2D eigenvalue weighted by Crippen LogP contribution is 2.30. The number of halogens is 3. The van der Waals surface area contributed by atoms with Crippen molar-refractivity contribution in [3.05, 3.63) is 35.9 Å². The number of aryl methyl sites for hydroxylation is 2. The fourth-order valence-corrected chi connectivity index (χ4v) is 3.52. The molecule has 1 fully saturated rings. The number of hydrogen-bond donors (Lipinski definition) is 0. The van der Waals surface area contributed by atoms with Crippen molar-refractivity contribution in [2.24, 2.45) is 13.0 Å². The third kappa shape index (κ3) is 4.10. The molecule has 0 saturated carbocycles. The molecule has 0 aliphatic carbocycles. The molecule has 0 bridgehead atoms. The second-order valence-electron chi connectivity index (χ2n) is 7.20. The van der Waals surface area contributed by atoms with Crippen LogP contribution in [0.4, 0.5) is 19.0 Å². The van der Waals surface area contributed by atoms with E-state index in [2.05, 4.69) is 25.0 Å². The smallest absolute Gasteiger partial charge is 0.433 e. The molecule has 7 nitrogen and oxygen atoms in total. The molecule has 0 aromatic carbocycles. The summed E-state index contributed by atoms with van der Waals surface area (Å²) in [5, 5.41) is 5.19. The molecule has 4 rings (SSSR count). The highest BCUT2D eigenvalue weighted by atomic mass is 19.4. The molecule has 4 heterocycles. The molecule has 10 heteroatoms. The van der Waals surface area contributed by atoms with Crippen molar-refractivity contribution in [2.45, 2.75) is 25.9 Å². The standard InChI is InChI=1S/C19H21F3N6O/c1-12-24-17-14(10-23-27(17)2)18(25-12)28-8-6-13(7-9-28)11-29-16-5-3-4-15(26-16)19(20,21)22/h3-5,10,13H,6-9,11H2,1-2H3. The molecular weight excluding hydrogens is 385 g/mol. The van der Waals surface area contributed by atoms with Crippen molar-refractivity contribution in [3.8, 4) is 5.88 Å². The zero-order valence-corrected chi connectivity index (χ0v) is 16.1. The predicted molar refractivity (Wildman–Crippen MR) is 101 cm³/mol. The van der Waals surface area contributed by atoms with E-state index >= 15 is 0 Å². The van der Waals surface area contributed by atoms with Crippen LogP contribution in [0, 0.1) is 12.8 Å². The summed E-state index contributed by atoms with van der Waals surface area (Å²) in [7, 11) is 1.85. The predicted octanol–water partition coefficient (Wildman–Crippen LogP) is 3.38. The van der Waals surface area contributed by atoms with Crippen LogP contribution in [0.15, 0.2) is 24.4 Å². The molecule has 3 aromatic rings. The van der Waals surface area contributed by atoms with Crippen LogP contribution < -0.4 is 9.64 Å². The quantitative estimate of drug-likeness (QED) is 0.662. The molecule has 1 aliphatic heterocycles.